The minimum absolute atomic E-state index is 0.236. The van der Waals surface area contributed by atoms with Crippen molar-refractivity contribution in [3.8, 4) is 0 Å². The number of nitrogens with one attached hydrogen (secondary N) is 2. The van der Waals surface area contributed by atoms with Gasteiger partial charge in [-0.1, -0.05) is 43.2 Å². The molecule has 2 amide bonds. The molecule has 1 aliphatic carbocycles. The molecule has 5 nitrogen and oxygen atoms in total. The lowest BCUT2D eigenvalue weighted by molar-refractivity contribution is -0.144. The molecule has 1 atom stereocenters. The number of carbonyl (C=O) groups is 2. The summed E-state index contributed by atoms with van der Waals surface area (Å²) in [4.78, 5) is 23.8. The Bertz CT molecular complexity index is 524. The van der Waals surface area contributed by atoms with Crippen molar-refractivity contribution < 1.29 is 14.7 Å². The highest BCUT2D eigenvalue weighted by Gasteiger charge is 2.38. The van der Waals surface area contributed by atoms with Crippen LogP contribution in [0, 0.1) is 0 Å². The lowest BCUT2D eigenvalue weighted by Gasteiger charge is -2.31. The van der Waals surface area contributed by atoms with Crippen LogP contribution < -0.4 is 10.6 Å². The number of urea groups is 1. The van der Waals surface area contributed by atoms with E-state index >= 15 is 0 Å². The molecule has 21 heavy (non-hydrogen) atoms. The van der Waals surface area contributed by atoms with Gasteiger partial charge >= 0.3 is 12.0 Å². The van der Waals surface area contributed by atoms with Crippen molar-refractivity contribution in [2.75, 3.05) is 0 Å². The average molecular weight is 290 g/mol. The molecule has 114 valence electrons. The minimum atomic E-state index is -1.44. The van der Waals surface area contributed by atoms with Crippen molar-refractivity contribution in [2.24, 2.45) is 0 Å². The van der Waals surface area contributed by atoms with Gasteiger partial charge in [0.25, 0.3) is 0 Å². The van der Waals surface area contributed by atoms with Crippen LogP contribution in [0.2, 0.25) is 0 Å². The van der Waals surface area contributed by atoms with Crippen molar-refractivity contribution in [1.82, 2.24) is 10.6 Å². The lowest BCUT2D eigenvalue weighted by Crippen LogP contribution is -2.57. The molecule has 1 unspecified atom stereocenters. The monoisotopic (exact) mass is 290 g/mol. The molecule has 1 aliphatic rings. The first kappa shape index (κ1) is 15.4. The predicted molar refractivity (Wildman–Crippen MR) is 80.0 cm³/mol. The van der Waals surface area contributed by atoms with E-state index < -0.39 is 17.5 Å². The average Bonchev–Trinajstić information content (AvgIpc) is 2.85. The van der Waals surface area contributed by atoms with Gasteiger partial charge in [0.1, 0.15) is 0 Å². The Morgan fingerprint density at radius 2 is 1.76 bits per heavy atom. The predicted octanol–water partition coefficient (Wildman–Crippen LogP) is 2.62. The molecule has 5 heteroatoms. The zero-order valence-corrected chi connectivity index (χ0v) is 12.5. The van der Waals surface area contributed by atoms with Gasteiger partial charge in [0.05, 0.1) is 0 Å². The van der Waals surface area contributed by atoms with E-state index in [1.54, 1.807) is 24.3 Å². The van der Waals surface area contributed by atoms with Crippen LogP contribution in [0.15, 0.2) is 30.3 Å². The number of hydrogen-bond donors (Lipinski definition) is 3. The van der Waals surface area contributed by atoms with Gasteiger partial charge in [-0.3, -0.25) is 0 Å². The van der Waals surface area contributed by atoms with Crippen molar-refractivity contribution in [3.05, 3.63) is 35.9 Å². The summed E-state index contributed by atoms with van der Waals surface area (Å²) in [5.74, 6) is -1.08. The first-order chi connectivity index (χ1) is 9.86. The molecule has 0 saturated heterocycles. The van der Waals surface area contributed by atoms with Crippen LogP contribution >= 0.6 is 0 Å². The number of aliphatic carboxylic acids is 1. The maximum Gasteiger partial charge on any atom is 0.333 e. The fourth-order valence-corrected chi connectivity index (χ4v) is 2.83. The zero-order valence-electron chi connectivity index (χ0n) is 12.5. The van der Waals surface area contributed by atoms with Gasteiger partial charge in [-0.25, -0.2) is 9.59 Å². The molecule has 1 aromatic rings. The third-order valence-electron chi connectivity index (χ3n) is 4.26. The molecule has 0 radical (unpaired) electrons. The van der Waals surface area contributed by atoms with E-state index in [0.29, 0.717) is 5.56 Å². The zero-order chi connectivity index (χ0) is 15.5. The summed E-state index contributed by atoms with van der Waals surface area (Å²) in [6.45, 7) is 3.50. The summed E-state index contributed by atoms with van der Waals surface area (Å²) in [5, 5.41) is 15.1. The van der Waals surface area contributed by atoms with Crippen LogP contribution in [0.4, 0.5) is 4.79 Å². The highest BCUT2D eigenvalue weighted by atomic mass is 16.4. The van der Waals surface area contributed by atoms with E-state index in [9.17, 15) is 14.7 Å². The second kappa shape index (κ2) is 5.76. The molecule has 0 bridgehead atoms. The van der Waals surface area contributed by atoms with E-state index in [2.05, 4.69) is 10.6 Å². The van der Waals surface area contributed by atoms with E-state index in [4.69, 9.17) is 0 Å². The van der Waals surface area contributed by atoms with Crippen molar-refractivity contribution >= 4 is 12.0 Å². The summed E-state index contributed by atoms with van der Waals surface area (Å²) in [6, 6.07) is 8.29. The Balaban J connectivity index is 2.13. The van der Waals surface area contributed by atoms with Gasteiger partial charge in [0.15, 0.2) is 5.54 Å². The number of hydrogen-bond acceptors (Lipinski definition) is 2. The SMILES string of the molecule is CC1(NC(=O)NC(C)(C(=O)O)c2ccccc2)CCCC1. The molecule has 0 spiro atoms. The normalized spacial score (nSPS) is 19.5. The second-order valence-corrected chi connectivity index (χ2v) is 6.14. The van der Waals surface area contributed by atoms with Crippen LogP contribution in [0.5, 0.6) is 0 Å². The first-order valence-corrected chi connectivity index (χ1v) is 7.25. The number of benzene rings is 1. The molecule has 0 heterocycles. The smallest absolute Gasteiger partial charge is 0.333 e. The third kappa shape index (κ3) is 3.35. The number of amides is 2. The number of carboxylic acids is 1. The Kier molecular flexibility index (Phi) is 4.21. The van der Waals surface area contributed by atoms with Crippen molar-refractivity contribution in [2.45, 2.75) is 50.6 Å². The van der Waals surface area contributed by atoms with E-state index in [1.807, 2.05) is 13.0 Å². The van der Waals surface area contributed by atoms with E-state index in [1.165, 1.54) is 6.92 Å². The van der Waals surface area contributed by atoms with Gasteiger partial charge in [0.2, 0.25) is 0 Å². The summed E-state index contributed by atoms with van der Waals surface area (Å²) < 4.78 is 0. The van der Waals surface area contributed by atoms with Crippen LogP contribution in [-0.2, 0) is 10.3 Å². The molecular weight excluding hydrogens is 268 g/mol. The maximum absolute atomic E-state index is 12.2. The topological polar surface area (TPSA) is 78.4 Å². The molecule has 1 fully saturated rings. The van der Waals surface area contributed by atoms with Gasteiger partial charge in [-0.15, -0.1) is 0 Å². The van der Waals surface area contributed by atoms with Crippen LogP contribution in [0.1, 0.15) is 45.1 Å². The van der Waals surface area contributed by atoms with E-state index in [0.717, 1.165) is 25.7 Å². The second-order valence-electron chi connectivity index (χ2n) is 6.14. The Morgan fingerprint density at radius 1 is 1.19 bits per heavy atom. The quantitative estimate of drug-likeness (QED) is 0.797. The molecule has 0 aliphatic heterocycles. The first-order valence-electron chi connectivity index (χ1n) is 7.25. The number of carboxylic acid groups (broad SMARTS) is 1. The highest BCUT2D eigenvalue weighted by molar-refractivity contribution is 5.87. The number of carbonyl (C=O) groups excluding carboxylic acids is 1. The van der Waals surface area contributed by atoms with Crippen LogP contribution in [-0.4, -0.2) is 22.6 Å². The summed E-state index contributed by atoms with van der Waals surface area (Å²) in [7, 11) is 0. The van der Waals surface area contributed by atoms with E-state index in [-0.39, 0.29) is 5.54 Å². The highest BCUT2D eigenvalue weighted by Crippen LogP contribution is 2.29. The standard InChI is InChI=1S/C16H22N2O3/c1-15(10-6-7-11-15)17-14(21)18-16(2,13(19)20)12-8-4-3-5-9-12/h3-5,8-9H,6-7,10-11H2,1-2H3,(H,19,20)(H2,17,18,21). The third-order valence-corrected chi connectivity index (χ3v) is 4.26. The lowest BCUT2D eigenvalue weighted by atomic mass is 9.92. The van der Waals surface area contributed by atoms with Crippen molar-refractivity contribution in [3.63, 3.8) is 0 Å². The molecule has 0 aromatic heterocycles. The molecular formula is C16H22N2O3. The Hall–Kier alpha value is -2.04. The molecule has 2 rings (SSSR count). The van der Waals surface area contributed by atoms with Crippen molar-refractivity contribution in [1.29, 1.82) is 0 Å². The minimum Gasteiger partial charge on any atom is -0.479 e. The van der Waals surface area contributed by atoms with Gasteiger partial charge < -0.3 is 15.7 Å². The fourth-order valence-electron chi connectivity index (χ4n) is 2.83. The van der Waals surface area contributed by atoms with Gasteiger partial charge in [-0.2, -0.15) is 0 Å². The fraction of sp³-hybridized carbons (Fsp3) is 0.500. The Morgan fingerprint density at radius 3 is 2.29 bits per heavy atom. The van der Waals surface area contributed by atoms with Crippen LogP contribution in [0.3, 0.4) is 0 Å². The van der Waals surface area contributed by atoms with Gasteiger partial charge in [-0.05, 0) is 32.3 Å². The van der Waals surface area contributed by atoms with Gasteiger partial charge in [0, 0.05) is 5.54 Å². The summed E-state index contributed by atoms with van der Waals surface area (Å²) in [6.07, 6.45) is 4.03. The summed E-state index contributed by atoms with van der Waals surface area (Å²) >= 11 is 0. The molecule has 3 N–H and O–H groups in total. The number of rotatable bonds is 4. The maximum atomic E-state index is 12.2. The largest absolute Gasteiger partial charge is 0.479 e. The molecule has 1 saturated carbocycles. The van der Waals surface area contributed by atoms with Crippen LogP contribution in [0.25, 0.3) is 0 Å². The molecule has 1 aromatic carbocycles. The Labute approximate surface area is 124 Å². The summed E-state index contributed by atoms with van der Waals surface area (Å²) in [5.41, 5.74) is -1.13.